The highest BCUT2D eigenvalue weighted by Gasteiger charge is 2.15. The Kier molecular flexibility index (Phi) is 8.25. The van der Waals surface area contributed by atoms with E-state index in [1.807, 2.05) is 91.9 Å². The lowest BCUT2D eigenvalue weighted by Crippen LogP contribution is -2.20. The van der Waals surface area contributed by atoms with Crippen molar-refractivity contribution in [2.45, 2.75) is 13.2 Å². The van der Waals surface area contributed by atoms with E-state index in [1.54, 1.807) is 14.2 Å². The van der Waals surface area contributed by atoms with Gasteiger partial charge in [-0.2, -0.15) is 0 Å². The minimum absolute atomic E-state index is 0.362. The van der Waals surface area contributed by atoms with Crippen LogP contribution in [0.2, 0.25) is 0 Å². The van der Waals surface area contributed by atoms with Gasteiger partial charge in [-0.1, -0.05) is 60.7 Å². The number of hydrogen-bond acceptors (Lipinski definition) is 5. The Morgan fingerprint density at radius 1 is 0.600 bits per heavy atom. The molecule has 35 heavy (non-hydrogen) atoms. The van der Waals surface area contributed by atoms with Crippen LogP contribution in [-0.2, 0) is 4.74 Å². The zero-order valence-electron chi connectivity index (χ0n) is 20.3. The number of benzene rings is 4. The zero-order chi connectivity index (χ0) is 24.5. The first-order valence-corrected chi connectivity index (χ1v) is 11.6. The topological polar surface area (TPSA) is 46.2 Å². The molecule has 0 amide bonds. The molecule has 5 heteroatoms. The second-order valence-electron chi connectivity index (χ2n) is 7.86. The predicted molar refractivity (Wildman–Crippen MR) is 138 cm³/mol. The summed E-state index contributed by atoms with van der Waals surface area (Å²) >= 11 is 0. The summed E-state index contributed by atoms with van der Waals surface area (Å²) in [5.74, 6) is 3.12. The maximum absolute atomic E-state index is 6.36. The fourth-order valence-corrected chi connectivity index (χ4v) is 3.81. The molecule has 0 aliphatic rings. The molecule has 4 aromatic carbocycles. The molecule has 0 spiro atoms. The Hall–Kier alpha value is -3.96. The molecule has 0 radical (unpaired) electrons. The quantitative estimate of drug-likeness (QED) is 0.177. The highest BCUT2D eigenvalue weighted by atomic mass is 16.7. The second-order valence-corrected chi connectivity index (χ2v) is 7.86. The van der Waals surface area contributed by atoms with Crippen molar-refractivity contribution in [2.75, 3.05) is 27.4 Å². The highest BCUT2D eigenvalue weighted by molar-refractivity contribution is 5.83. The molecular weight excluding hydrogens is 440 g/mol. The van der Waals surface area contributed by atoms with Gasteiger partial charge in [0, 0.05) is 11.1 Å². The lowest BCUT2D eigenvalue weighted by atomic mass is 9.97. The minimum Gasteiger partial charge on any atom is -0.497 e. The van der Waals surface area contributed by atoms with Gasteiger partial charge in [-0.15, -0.1) is 0 Å². The van der Waals surface area contributed by atoms with Crippen molar-refractivity contribution in [1.82, 2.24) is 0 Å². The fraction of sp³-hybridized carbons (Fsp3) is 0.200. The summed E-state index contributed by atoms with van der Waals surface area (Å²) < 4.78 is 28.9. The number of para-hydroxylation sites is 2. The van der Waals surface area contributed by atoms with Crippen LogP contribution in [0.1, 0.15) is 6.92 Å². The van der Waals surface area contributed by atoms with Crippen LogP contribution in [0, 0.1) is 0 Å². The van der Waals surface area contributed by atoms with Crippen LogP contribution in [0.5, 0.6) is 23.0 Å². The van der Waals surface area contributed by atoms with Gasteiger partial charge in [0.05, 0.1) is 20.8 Å². The van der Waals surface area contributed by atoms with Crippen molar-refractivity contribution in [2.24, 2.45) is 0 Å². The van der Waals surface area contributed by atoms with Gasteiger partial charge >= 0.3 is 0 Å². The molecule has 180 valence electrons. The van der Waals surface area contributed by atoms with Gasteiger partial charge in [0.2, 0.25) is 0 Å². The van der Waals surface area contributed by atoms with E-state index < -0.39 is 6.29 Å². The smallest absolute Gasteiger partial charge is 0.197 e. The maximum Gasteiger partial charge on any atom is 0.197 e. The Morgan fingerprint density at radius 2 is 1.14 bits per heavy atom. The second kappa shape index (κ2) is 12.0. The first-order chi connectivity index (χ1) is 17.2. The monoisotopic (exact) mass is 470 g/mol. The van der Waals surface area contributed by atoms with Gasteiger partial charge in [0.25, 0.3) is 0 Å². The molecule has 4 rings (SSSR count). The summed E-state index contributed by atoms with van der Waals surface area (Å²) in [5, 5.41) is 0. The Balaban J connectivity index is 1.56. The molecule has 0 aromatic heterocycles. The maximum atomic E-state index is 6.36. The highest BCUT2D eigenvalue weighted by Crippen LogP contribution is 2.40. The van der Waals surface area contributed by atoms with Gasteiger partial charge < -0.3 is 23.7 Å². The minimum atomic E-state index is -0.396. The van der Waals surface area contributed by atoms with E-state index in [9.17, 15) is 0 Å². The average molecular weight is 471 g/mol. The third kappa shape index (κ3) is 6.34. The van der Waals surface area contributed by atoms with Crippen molar-refractivity contribution in [3.8, 4) is 45.3 Å². The van der Waals surface area contributed by atoms with E-state index >= 15 is 0 Å². The molecule has 0 bridgehead atoms. The van der Waals surface area contributed by atoms with Crippen molar-refractivity contribution in [1.29, 1.82) is 0 Å². The van der Waals surface area contributed by atoms with Crippen molar-refractivity contribution in [3.05, 3.63) is 97.1 Å². The largest absolute Gasteiger partial charge is 0.497 e. The molecule has 0 saturated carbocycles. The number of hydrogen-bond donors (Lipinski definition) is 0. The van der Waals surface area contributed by atoms with E-state index in [2.05, 4.69) is 12.1 Å². The van der Waals surface area contributed by atoms with E-state index in [0.717, 1.165) is 45.3 Å². The van der Waals surface area contributed by atoms with Crippen molar-refractivity contribution >= 4 is 0 Å². The molecule has 0 aliphatic carbocycles. The summed E-state index contributed by atoms with van der Waals surface area (Å²) in [6.07, 6.45) is -0.396. The van der Waals surface area contributed by atoms with Crippen LogP contribution in [0.4, 0.5) is 0 Å². The van der Waals surface area contributed by atoms with Gasteiger partial charge in [0.15, 0.2) is 6.29 Å². The molecule has 5 nitrogen and oxygen atoms in total. The van der Waals surface area contributed by atoms with Crippen LogP contribution in [0.15, 0.2) is 97.1 Å². The summed E-state index contributed by atoms with van der Waals surface area (Å²) in [7, 11) is 3.33. The molecular formula is C30H30O5. The fourth-order valence-electron chi connectivity index (χ4n) is 3.81. The standard InChI is InChI=1S/C30H30O5/c1-22(35-25-12-5-4-6-13-25)33-18-19-34-30-28(23-10-7-14-26(20-23)31-2)16-9-17-29(30)24-11-8-15-27(21-24)32-3/h4-17,20-22H,18-19H2,1-3H3. The molecule has 0 saturated heterocycles. The number of ether oxygens (including phenoxy) is 5. The van der Waals surface area contributed by atoms with Gasteiger partial charge in [-0.3, -0.25) is 0 Å². The Labute approximate surface area is 206 Å². The molecule has 0 heterocycles. The van der Waals surface area contributed by atoms with Crippen molar-refractivity contribution < 1.29 is 23.7 Å². The van der Waals surface area contributed by atoms with E-state index in [0.29, 0.717) is 13.2 Å². The van der Waals surface area contributed by atoms with Gasteiger partial charge in [-0.25, -0.2) is 0 Å². The lowest BCUT2D eigenvalue weighted by Gasteiger charge is -2.19. The molecule has 0 N–H and O–H groups in total. The summed E-state index contributed by atoms with van der Waals surface area (Å²) in [4.78, 5) is 0. The lowest BCUT2D eigenvalue weighted by molar-refractivity contribution is -0.0738. The summed E-state index contributed by atoms with van der Waals surface area (Å²) in [6, 6.07) is 31.7. The third-order valence-corrected chi connectivity index (χ3v) is 5.50. The molecule has 4 aromatic rings. The van der Waals surface area contributed by atoms with Crippen molar-refractivity contribution in [3.63, 3.8) is 0 Å². The van der Waals surface area contributed by atoms with Crippen LogP contribution in [0.25, 0.3) is 22.3 Å². The van der Waals surface area contributed by atoms with Crippen LogP contribution in [-0.4, -0.2) is 33.7 Å². The summed E-state index contributed by atoms with van der Waals surface area (Å²) in [5.41, 5.74) is 3.95. The molecule has 0 aliphatic heterocycles. The predicted octanol–water partition coefficient (Wildman–Crippen LogP) is 6.86. The number of rotatable bonds is 11. The van der Waals surface area contributed by atoms with E-state index in [-0.39, 0.29) is 0 Å². The zero-order valence-corrected chi connectivity index (χ0v) is 20.3. The van der Waals surface area contributed by atoms with E-state index in [1.165, 1.54) is 0 Å². The first-order valence-electron chi connectivity index (χ1n) is 11.6. The number of methoxy groups -OCH3 is 2. The summed E-state index contributed by atoms with van der Waals surface area (Å²) in [6.45, 7) is 2.61. The van der Waals surface area contributed by atoms with E-state index in [4.69, 9.17) is 23.7 Å². The SMILES string of the molecule is COc1cccc(-c2cccc(-c3cccc(OC)c3)c2OCCOC(C)Oc2ccccc2)c1. The average Bonchev–Trinajstić information content (AvgIpc) is 2.91. The third-order valence-electron chi connectivity index (χ3n) is 5.50. The van der Waals surface area contributed by atoms with Gasteiger partial charge in [0.1, 0.15) is 29.6 Å². The van der Waals surface area contributed by atoms with Crippen LogP contribution >= 0.6 is 0 Å². The van der Waals surface area contributed by atoms with Crippen LogP contribution in [0.3, 0.4) is 0 Å². The normalized spacial score (nSPS) is 11.5. The Bertz CT molecular complexity index is 1160. The van der Waals surface area contributed by atoms with Gasteiger partial charge in [-0.05, 0) is 54.4 Å². The first kappa shape index (κ1) is 24.2. The molecule has 0 fully saturated rings. The van der Waals surface area contributed by atoms with Crippen LogP contribution < -0.4 is 18.9 Å². The molecule has 1 atom stereocenters. The Morgan fingerprint density at radius 3 is 1.71 bits per heavy atom. The molecule has 1 unspecified atom stereocenters.